The van der Waals surface area contributed by atoms with E-state index < -0.39 is 0 Å². The smallest absolute Gasteiger partial charge is 0.138 e. The number of hydrogen-bond donors (Lipinski definition) is 0. The largest absolute Gasteiger partial charge is 0.486 e. The number of aromatic nitrogens is 2. The maximum Gasteiger partial charge on any atom is 0.138 e. The molecule has 5 nitrogen and oxygen atoms in total. The molecule has 0 radical (unpaired) electrons. The Kier molecular flexibility index (Phi) is 4.57. The van der Waals surface area contributed by atoms with Gasteiger partial charge in [0.15, 0.2) is 0 Å². The van der Waals surface area contributed by atoms with Crippen LogP contribution in [0.2, 0.25) is 10.2 Å². The van der Waals surface area contributed by atoms with Crippen molar-refractivity contribution < 1.29 is 4.74 Å². The highest BCUT2D eigenvalue weighted by Gasteiger charge is 2.21. The van der Waals surface area contributed by atoms with E-state index in [4.69, 9.17) is 27.9 Å². The third-order valence-electron chi connectivity index (χ3n) is 4.26. The Labute approximate surface area is 161 Å². The Balaban J connectivity index is 1.57. The van der Waals surface area contributed by atoms with Gasteiger partial charge in [0.2, 0.25) is 0 Å². The molecular formula is C19H16Cl2N4O. The lowest BCUT2D eigenvalue weighted by molar-refractivity contribution is 0.301. The van der Waals surface area contributed by atoms with E-state index in [1.807, 2.05) is 60.3 Å². The van der Waals surface area contributed by atoms with Crippen LogP contribution in [0.1, 0.15) is 11.4 Å². The Hall–Kier alpha value is -2.50. The van der Waals surface area contributed by atoms with Gasteiger partial charge in [0.25, 0.3) is 0 Å². The summed E-state index contributed by atoms with van der Waals surface area (Å²) in [7, 11) is 1.91. The fourth-order valence-corrected chi connectivity index (χ4v) is 3.28. The molecule has 0 atom stereocenters. The second-order valence-electron chi connectivity index (χ2n) is 5.90. The Morgan fingerprint density at radius 2 is 2.04 bits per heavy atom. The first-order valence-electron chi connectivity index (χ1n) is 8.08. The van der Waals surface area contributed by atoms with Crippen LogP contribution in [0.15, 0.2) is 53.7 Å². The number of fused-ring (bicyclic) bond motifs is 1. The molecule has 7 heteroatoms. The molecule has 0 saturated heterocycles. The Bertz CT molecular complexity index is 969. The third-order valence-corrected chi connectivity index (χ3v) is 4.91. The van der Waals surface area contributed by atoms with Gasteiger partial charge in [-0.15, -0.1) is 0 Å². The van der Waals surface area contributed by atoms with Crippen molar-refractivity contribution in [1.29, 1.82) is 0 Å². The summed E-state index contributed by atoms with van der Waals surface area (Å²) in [6.07, 6.45) is 3.58. The van der Waals surface area contributed by atoms with Crippen LogP contribution >= 0.6 is 23.2 Å². The SMILES string of the molecule is Cn1c(Cl)cc2c1C=NCN2c1ccc(OCc2ccccn2)c(Cl)c1. The highest BCUT2D eigenvalue weighted by atomic mass is 35.5. The first kappa shape index (κ1) is 16.9. The van der Waals surface area contributed by atoms with Crippen LogP contribution in [0, 0.1) is 0 Å². The number of nitrogens with zero attached hydrogens (tertiary/aromatic N) is 4. The van der Waals surface area contributed by atoms with Crippen LogP contribution < -0.4 is 9.64 Å². The number of pyridine rings is 1. The number of ether oxygens (including phenoxy) is 1. The predicted octanol–water partition coefficient (Wildman–Crippen LogP) is 4.83. The second-order valence-corrected chi connectivity index (χ2v) is 6.70. The fraction of sp³-hybridized carbons (Fsp3) is 0.158. The molecule has 1 aliphatic rings. The van der Waals surface area contributed by atoms with E-state index in [1.165, 1.54) is 0 Å². The van der Waals surface area contributed by atoms with E-state index in [0.29, 0.717) is 29.2 Å². The summed E-state index contributed by atoms with van der Waals surface area (Å²) in [5.41, 5.74) is 3.75. The maximum atomic E-state index is 6.44. The maximum absolute atomic E-state index is 6.44. The topological polar surface area (TPSA) is 42.7 Å². The van der Waals surface area contributed by atoms with Gasteiger partial charge in [0.05, 0.1) is 22.1 Å². The zero-order valence-corrected chi connectivity index (χ0v) is 15.6. The van der Waals surface area contributed by atoms with Crippen LogP contribution in [0.4, 0.5) is 11.4 Å². The normalized spacial score (nSPS) is 13.0. The molecule has 1 aromatic carbocycles. The molecule has 2 aromatic heterocycles. The minimum atomic E-state index is 0.367. The van der Waals surface area contributed by atoms with Gasteiger partial charge >= 0.3 is 0 Å². The summed E-state index contributed by atoms with van der Waals surface area (Å²) in [4.78, 5) is 10.7. The molecule has 3 heterocycles. The van der Waals surface area contributed by atoms with E-state index in [-0.39, 0.29) is 0 Å². The Morgan fingerprint density at radius 3 is 2.81 bits per heavy atom. The van der Waals surface area contributed by atoms with Crippen LogP contribution in [-0.2, 0) is 13.7 Å². The lowest BCUT2D eigenvalue weighted by Crippen LogP contribution is -2.22. The monoisotopic (exact) mass is 386 g/mol. The third kappa shape index (κ3) is 3.16. The quantitative estimate of drug-likeness (QED) is 0.644. The lowest BCUT2D eigenvalue weighted by Gasteiger charge is -2.26. The first-order valence-corrected chi connectivity index (χ1v) is 8.84. The highest BCUT2D eigenvalue weighted by Crippen LogP contribution is 2.37. The van der Waals surface area contributed by atoms with Crippen LogP contribution in [0.25, 0.3) is 0 Å². The number of benzene rings is 1. The molecule has 0 saturated carbocycles. The molecule has 0 fully saturated rings. The van der Waals surface area contributed by atoms with Crippen LogP contribution in [0.5, 0.6) is 5.75 Å². The number of anilines is 2. The van der Waals surface area contributed by atoms with E-state index in [2.05, 4.69) is 14.9 Å². The molecule has 4 rings (SSSR count). The van der Waals surface area contributed by atoms with Crippen molar-refractivity contribution in [2.24, 2.45) is 12.0 Å². The second kappa shape index (κ2) is 7.02. The van der Waals surface area contributed by atoms with Gasteiger partial charge in [-0.05, 0) is 36.4 Å². The molecule has 3 aromatic rings. The summed E-state index contributed by atoms with van der Waals surface area (Å²) in [5.74, 6) is 0.618. The lowest BCUT2D eigenvalue weighted by atomic mass is 10.2. The van der Waals surface area contributed by atoms with Crippen molar-refractivity contribution in [3.8, 4) is 5.75 Å². The summed E-state index contributed by atoms with van der Waals surface area (Å²) in [6.45, 7) is 0.879. The minimum Gasteiger partial charge on any atom is -0.486 e. The van der Waals surface area contributed by atoms with Gasteiger partial charge in [0, 0.05) is 25.1 Å². The summed E-state index contributed by atoms with van der Waals surface area (Å²) in [5, 5.41) is 1.20. The van der Waals surface area contributed by atoms with Crippen molar-refractivity contribution in [3.63, 3.8) is 0 Å². The zero-order chi connectivity index (χ0) is 18.1. The summed E-state index contributed by atoms with van der Waals surface area (Å²) in [6, 6.07) is 13.3. The van der Waals surface area contributed by atoms with Gasteiger partial charge in [-0.1, -0.05) is 29.3 Å². The van der Waals surface area contributed by atoms with E-state index in [1.54, 1.807) is 6.20 Å². The van der Waals surface area contributed by atoms with Gasteiger partial charge in [0.1, 0.15) is 24.2 Å². The number of halogens is 2. The fourth-order valence-electron chi connectivity index (χ4n) is 2.86. The van der Waals surface area contributed by atoms with E-state index in [0.717, 1.165) is 22.8 Å². The van der Waals surface area contributed by atoms with Crippen LogP contribution in [-0.4, -0.2) is 22.4 Å². The molecule has 0 bridgehead atoms. The average molecular weight is 387 g/mol. The molecule has 0 aliphatic carbocycles. The van der Waals surface area contributed by atoms with Gasteiger partial charge in [-0.3, -0.25) is 9.98 Å². The summed E-state index contributed by atoms with van der Waals surface area (Å²) < 4.78 is 7.69. The molecule has 1 aliphatic heterocycles. The first-order chi connectivity index (χ1) is 12.6. The molecule has 0 N–H and O–H groups in total. The molecule has 132 valence electrons. The average Bonchev–Trinajstić information content (AvgIpc) is 2.96. The Morgan fingerprint density at radius 1 is 1.15 bits per heavy atom. The predicted molar refractivity (Wildman–Crippen MR) is 105 cm³/mol. The van der Waals surface area contributed by atoms with E-state index in [9.17, 15) is 0 Å². The van der Waals surface area contributed by atoms with Crippen molar-refractivity contribution in [1.82, 2.24) is 9.55 Å². The van der Waals surface area contributed by atoms with Crippen molar-refractivity contribution >= 4 is 40.8 Å². The van der Waals surface area contributed by atoms with Crippen molar-refractivity contribution in [2.75, 3.05) is 11.6 Å². The zero-order valence-electron chi connectivity index (χ0n) is 14.1. The molecule has 0 amide bonds. The molecule has 0 spiro atoms. The number of rotatable bonds is 4. The van der Waals surface area contributed by atoms with E-state index >= 15 is 0 Å². The minimum absolute atomic E-state index is 0.367. The molecule has 0 unspecified atom stereocenters. The standard InChI is InChI=1S/C19H16Cl2N4O/c1-24-17-10-22-12-25(16(17)9-19(24)21)14-5-6-18(15(20)8-14)26-11-13-4-2-3-7-23-13/h2-10H,11-12H2,1H3. The van der Waals surface area contributed by atoms with Crippen LogP contribution in [0.3, 0.4) is 0 Å². The van der Waals surface area contributed by atoms with Gasteiger partial charge in [-0.25, -0.2) is 0 Å². The molecular weight excluding hydrogens is 371 g/mol. The van der Waals surface area contributed by atoms with Gasteiger partial charge in [-0.2, -0.15) is 0 Å². The van der Waals surface area contributed by atoms with Crippen molar-refractivity contribution in [2.45, 2.75) is 6.61 Å². The van der Waals surface area contributed by atoms with Gasteiger partial charge < -0.3 is 14.2 Å². The summed E-state index contributed by atoms with van der Waals surface area (Å²) >= 11 is 12.7. The highest BCUT2D eigenvalue weighted by molar-refractivity contribution is 6.32. The number of aliphatic imine (C=N–C) groups is 1. The number of hydrogen-bond acceptors (Lipinski definition) is 4. The molecule has 26 heavy (non-hydrogen) atoms. The van der Waals surface area contributed by atoms with Crippen molar-refractivity contribution in [3.05, 3.63) is 70.2 Å².